The molecule has 0 aromatic heterocycles. The summed E-state index contributed by atoms with van der Waals surface area (Å²) in [5.41, 5.74) is 0. The molecule has 0 radical (unpaired) electrons. The average molecular weight is 153 g/mol. The second-order valence-electron chi connectivity index (χ2n) is 2.97. The van der Waals surface area contributed by atoms with Crippen molar-refractivity contribution in [3.05, 3.63) is 0 Å². The molecule has 0 bridgehead atoms. The summed E-state index contributed by atoms with van der Waals surface area (Å²) in [4.78, 5) is 0. The van der Waals surface area contributed by atoms with E-state index in [0.717, 1.165) is 19.6 Å². The van der Waals surface area contributed by atoms with Crippen LogP contribution in [0.5, 0.6) is 0 Å². The van der Waals surface area contributed by atoms with Gasteiger partial charge in [-0.1, -0.05) is 5.92 Å². The van der Waals surface area contributed by atoms with E-state index in [2.05, 4.69) is 11.2 Å². The summed E-state index contributed by atoms with van der Waals surface area (Å²) in [5.74, 6) is 2.65. The molecule has 1 saturated heterocycles. The van der Waals surface area contributed by atoms with E-state index in [1.54, 1.807) is 0 Å². The van der Waals surface area contributed by atoms with Crippen molar-refractivity contribution in [2.45, 2.75) is 31.8 Å². The van der Waals surface area contributed by atoms with Crippen molar-refractivity contribution in [1.82, 2.24) is 5.32 Å². The molecule has 1 aliphatic heterocycles. The van der Waals surface area contributed by atoms with Gasteiger partial charge in [-0.3, -0.25) is 5.32 Å². The molecular weight excluding hydrogens is 138 g/mol. The van der Waals surface area contributed by atoms with Crippen molar-refractivity contribution in [1.29, 1.82) is 0 Å². The van der Waals surface area contributed by atoms with Crippen LogP contribution in [0.2, 0.25) is 0 Å². The molecule has 0 aliphatic carbocycles. The zero-order valence-corrected chi connectivity index (χ0v) is 6.97. The van der Waals surface area contributed by atoms with Crippen LogP contribution >= 0.6 is 0 Å². The monoisotopic (exact) mass is 153 g/mol. The van der Waals surface area contributed by atoms with Crippen LogP contribution in [0.15, 0.2) is 0 Å². The lowest BCUT2D eigenvalue weighted by atomic mass is 10.1. The smallest absolute Gasteiger partial charge is 0.0661 e. The predicted octanol–water partition coefficient (Wildman–Crippen LogP) is 0.777. The van der Waals surface area contributed by atoms with E-state index in [9.17, 15) is 0 Å². The molecule has 0 saturated carbocycles. The second kappa shape index (κ2) is 4.38. The van der Waals surface area contributed by atoms with Gasteiger partial charge < -0.3 is 4.74 Å². The molecule has 1 heterocycles. The Hall–Kier alpha value is -0.520. The number of rotatable bonds is 2. The summed E-state index contributed by atoms with van der Waals surface area (Å²) in [7, 11) is 0. The Balaban J connectivity index is 2.20. The van der Waals surface area contributed by atoms with Crippen LogP contribution in [-0.4, -0.2) is 25.3 Å². The van der Waals surface area contributed by atoms with Gasteiger partial charge in [0, 0.05) is 12.6 Å². The quantitative estimate of drug-likeness (QED) is 0.592. The number of terminal acetylenes is 1. The molecule has 2 heteroatoms. The highest BCUT2D eigenvalue weighted by Crippen LogP contribution is 2.05. The standard InChI is InChI=1S/C9H15NO/c1-3-8(2)10-9-5-4-6-11-7-9/h1,8-10H,4-7H2,2H3. The Labute approximate surface area is 68.3 Å². The van der Waals surface area contributed by atoms with Crippen LogP contribution in [0, 0.1) is 12.3 Å². The van der Waals surface area contributed by atoms with Crippen LogP contribution in [0.1, 0.15) is 19.8 Å². The van der Waals surface area contributed by atoms with Gasteiger partial charge in [-0.05, 0) is 19.8 Å². The van der Waals surface area contributed by atoms with E-state index in [-0.39, 0.29) is 6.04 Å². The third kappa shape index (κ3) is 2.92. The largest absolute Gasteiger partial charge is 0.380 e. The summed E-state index contributed by atoms with van der Waals surface area (Å²) < 4.78 is 5.30. The fourth-order valence-corrected chi connectivity index (χ4v) is 1.27. The van der Waals surface area contributed by atoms with Crippen molar-refractivity contribution in [2.24, 2.45) is 0 Å². The van der Waals surface area contributed by atoms with E-state index in [1.807, 2.05) is 6.92 Å². The fourth-order valence-electron chi connectivity index (χ4n) is 1.27. The summed E-state index contributed by atoms with van der Waals surface area (Å²) in [6.07, 6.45) is 7.57. The van der Waals surface area contributed by atoms with Crippen LogP contribution < -0.4 is 5.32 Å². The lowest BCUT2D eigenvalue weighted by Gasteiger charge is -2.24. The van der Waals surface area contributed by atoms with Gasteiger partial charge in [0.15, 0.2) is 0 Å². The maximum Gasteiger partial charge on any atom is 0.0661 e. The first-order chi connectivity index (χ1) is 5.33. The Morgan fingerprint density at radius 2 is 2.55 bits per heavy atom. The molecule has 0 spiro atoms. The third-order valence-electron chi connectivity index (χ3n) is 1.90. The maximum atomic E-state index is 5.30. The summed E-state index contributed by atoms with van der Waals surface area (Å²) in [6, 6.07) is 0.636. The molecule has 1 N–H and O–H groups in total. The molecule has 1 fully saturated rings. The number of hydrogen-bond donors (Lipinski definition) is 1. The number of hydrogen-bond acceptors (Lipinski definition) is 2. The molecule has 0 aromatic carbocycles. The molecule has 11 heavy (non-hydrogen) atoms. The summed E-state index contributed by atoms with van der Waals surface area (Å²) >= 11 is 0. The Kier molecular flexibility index (Phi) is 3.41. The SMILES string of the molecule is C#CC(C)NC1CCCOC1. The fraction of sp³-hybridized carbons (Fsp3) is 0.778. The molecular formula is C9H15NO. The van der Waals surface area contributed by atoms with Gasteiger partial charge in [0.2, 0.25) is 0 Å². The van der Waals surface area contributed by atoms with Gasteiger partial charge in [0.1, 0.15) is 0 Å². The molecule has 2 unspecified atom stereocenters. The second-order valence-corrected chi connectivity index (χ2v) is 2.97. The molecule has 2 nitrogen and oxygen atoms in total. The van der Waals surface area contributed by atoms with Gasteiger partial charge in [0.05, 0.1) is 12.6 Å². The van der Waals surface area contributed by atoms with Crippen molar-refractivity contribution < 1.29 is 4.74 Å². The molecule has 62 valence electrons. The van der Waals surface area contributed by atoms with Crippen molar-refractivity contribution in [2.75, 3.05) is 13.2 Å². The van der Waals surface area contributed by atoms with E-state index in [1.165, 1.54) is 6.42 Å². The van der Waals surface area contributed by atoms with E-state index in [0.29, 0.717) is 6.04 Å². The van der Waals surface area contributed by atoms with E-state index in [4.69, 9.17) is 11.2 Å². The van der Waals surface area contributed by atoms with Crippen LogP contribution in [-0.2, 0) is 4.74 Å². The van der Waals surface area contributed by atoms with E-state index < -0.39 is 0 Å². The molecule has 0 aromatic rings. The Morgan fingerprint density at radius 3 is 3.09 bits per heavy atom. The maximum absolute atomic E-state index is 5.30. The number of ether oxygens (including phenoxy) is 1. The topological polar surface area (TPSA) is 21.3 Å². The summed E-state index contributed by atoms with van der Waals surface area (Å²) in [5, 5.41) is 3.31. The highest BCUT2D eigenvalue weighted by molar-refractivity contribution is 4.97. The molecule has 1 aliphatic rings. The van der Waals surface area contributed by atoms with Gasteiger partial charge in [-0.15, -0.1) is 6.42 Å². The van der Waals surface area contributed by atoms with Gasteiger partial charge in [0.25, 0.3) is 0 Å². The summed E-state index contributed by atoms with van der Waals surface area (Å²) in [6.45, 7) is 3.71. The van der Waals surface area contributed by atoms with Gasteiger partial charge >= 0.3 is 0 Å². The molecule has 0 amide bonds. The van der Waals surface area contributed by atoms with Crippen molar-refractivity contribution >= 4 is 0 Å². The molecule has 2 atom stereocenters. The first-order valence-corrected chi connectivity index (χ1v) is 4.13. The number of nitrogens with one attached hydrogen (secondary N) is 1. The zero-order chi connectivity index (χ0) is 8.10. The lowest BCUT2D eigenvalue weighted by Crippen LogP contribution is -2.41. The van der Waals surface area contributed by atoms with E-state index >= 15 is 0 Å². The minimum atomic E-state index is 0.168. The molecule has 1 rings (SSSR count). The predicted molar refractivity (Wildman–Crippen MR) is 45.3 cm³/mol. The van der Waals surface area contributed by atoms with Crippen molar-refractivity contribution in [3.8, 4) is 12.3 Å². The lowest BCUT2D eigenvalue weighted by molar-refractivity contribution is 0.0691. The minimum absolute atomic E-state index is 0.168. The normalized spacial score (nSPS) is 27.5. The average Bonchev–Trinajstić information content (AvgIpc) is 2.06. The van der Waals surface area contributed by atoms with Crippen molar-refractivity contribution in [3.63, 3.8) is 0 Å². The van der Waals surface area contributed by atoms with Crippen LogP contribution in [0.4, 0.5) is 0 Å². The van der Waals surface area contributed by atoms with Gasteiger partial charge in [-0.25, -0.2) is 0 Å². The Bertz CT molecular complexity index is 144. The van der Waals surface area contributed by atoms with Crippen LogP contribution in [0.25, 0.3) is 0 Å². The zero-order valence-electron chi connectivity index (χ0n) is 6.97. The Morgan fingerprint density at radius 1 is 1.73 bits per heavy atom. The third-order valence-corrected chi connectivity index (χ3v) is 1.90. The highest BCUT2D eigenvalue weighted by atomic mass is 16.5. The first kappa shape index (κ1) is 8.58. The highest BCUT2D eigenvalue weighted by Gasteiger charge is 2.14. The van der Waals surface area contributed by atoms with Gasteiger partial charge in [-0.2, -0.15) is 0 Å². The minimum Gasteiger partial charge on any atom is -0.380 e. The van der Waals surface area contributed by atoms with Crippen LogP contribution in [0.3, 0.4) is 0 Å². The first-order valence-electron chi connectivity index (χ1n) is 4.13.